The first kappa shape index (κ1) is 9.18. The minimum absolute atomic E-state index is 0.180. The molecule has 13 heavy (non-hydrogen) atoms. The lowest BCUT2D eigenvalue weighted by Gasteiger charge is -2.04. The molecule has 1 aromatic heterocycles. The lowest BCUT2D eigenvalue weighted by Crippen LogP contribution is -2.14. The number of nitrogens with one attached hydrogen (secondary N) is 1. The average Bonchev–Trinajstić information content (AvgIpc) is 2.09. The minimum atomic E-state index is -0.739. The zero-order valence-electron chi connectivity index (χ0n) is 7.07. The van der Waals surface area contributed by atoms with E-state index in [4.69, 9.17) is 5.73 Å². The second kappa shape index (κ2) is 3.66. The Kier molecular flexibility index (Phi) is 2.59. The molecule has 0 aliphatic carbocycles. The maximum atomic E-state index is 10.7. The molecule has 1 amide bonds. The zero-order chi connectivity index (χ0) is 9.84. The van der Waals surface area contributed by atoms with Crippen LogP contribution in [0.4, 0.5) is 11.5 Å². The van der Waals surface area contributed by atoms with E-state index >= 15 is 0 Å². The predicted molar refractivity (Wildman–Crippen MR) is 48.1 cm³/mol. The summed E-state index contributed by atoms with van der Waals surface area (Å²) >= 11 is 0. The molecule has 0 aromatic carbocycles. The molecule has 0 saturated carbocycles. The van der Waals surface area contributed by atoms with Gasteiger partial charge in [-0.1, -0.05) is 0 Å². The predicted octanol–water partition coefficient (Wildman–Crippen LogP) is 0.110. The van der Waals surface area contributed by atoms with Gasteiger partial charge in [0, 0.05) is 5.69 Å². The number of aryl methyl sites for hydroxylation is 1. The Labute approximate surface area is 75.0 Å². The molecule has 0 saturated heterocycles. The van der Waals surface area contributed by atoms with Crippen molar-refractivity contribution >= 4 is 23.7 Å². The fourth-order valence-electron chi connectivity index (χ4n) is 0.845. The van der Waals surface area contributed by atoms with Gasteiger partial charge in [-0.05, 0) is 19.1 Å². The fourth-order valence-corrected chi connectivity index (χ4v) is 0.845. The number of aldehydes is 1. The third-order valence-corrected chi connectivity index (χ3v) is 1.43. The van der Waals surface area contributed by atoms with Crippen molar-refractivity contribution in [2.45, 2.75) is 6.92 Å². The van der Waals surface area contributed by atoms with Gasteiger partial charge in [-0.25, -0.2) is 4.98 Å². The molecule has 5 heteroatoms. The molecule has 0 spiro atoms. The molecule has 1 rings (SSSR count). The standard InChI is InChI=1S/C8H9N3O2/c1-5-2-3-6(8(9)10-5)11-7(13)4-12/h2-4H,1H3,(H2,9,10)(H,11,13). The van der Waals surface area contributed by atoms with Crippen molar-refractivity contribution in [2.75, 3.05) is 11.1 Å². The van der Waals surface area contributed by atoms with Gasteiger partial charge < -0.3 is 11.1 Å². The molecule has 0 radical (unpaired) electrons. The van der Waals surface area contributed by atoms with E-state index in [2.05, 4.69) is 10.3 Å². The normalized spacial score (nSPS) is 9.31. The molecular weight excluding hydrogens is 170 g/mol. The fraction of sp³-hybridized carbons (Fsp3) is 0.125. The van der Waals surface area contributed by atoms with Gasteiger partial charge in [-0.3, -0.25) is 9.59 Å². The number of nitrogens with zero attached hydrogens (tertiary/aromatic N) is 1. The van der Waals surface area contributed by atoms with Crippen LogP contribution in [0, 0.1) is 6.92 Å². The van der Waals surface area contributed by atoms with Crippen LogP contribution in [0.5, 0.6) is 0 Å². The number of hydrogen-bond donors (Lipinski definition) is 2. The summed E-state index contributed by atoms with van der Waals surface area (Å²) in [6, 6.07) is 3.29. The highest BCUT2D eigenvalue weighted by molar-refractivity contribution is 6.29. The Morgan fingerprint density at radius 1 is 1.62 bits per heavy atom. The first-order valence-electron chi connectivity index (χ1n) is 3.63. The number of carbonyl (C=O) groups excluding carboxylic acids is 2. The van der Waals surface area contributed by atoms with E-state index in [9.17, 15) is 9.59 Å². The summed E-state index contributed by atoms with van der Waals surface area (Å²) in [4.78, 5) is 24.6. The first-order chi connectivity index (χ1) is 6.13. The Bertz CT molecular complexity index is 349. The third kappa shape index (κ3) is 2.26. The highest BCUT2D eigenvalue weighted by atomic mass is 16.2. The lowest BCUT2D eigenvalue weighted by molar-refractivity contribution is -0.127. The van der Waals surface area contributed by atoms with Crippen LogP contribution in [0.2, 0.25) is 0 Å². The lowest BCUT2D eigenvalue weighted by atomic mass is 10.3. The largest absolute Gasteiger partial charge is 0.382 e. The summed E-state index contributed by atoms with van der Waals surface area (Å²) in [5.41, 5.74) is 6.58. The number of aromatic nitrogens is 1. The van der Waals surface area contributed by atoms with Crippen LogP contribution >= 0.6 is 0 Å². The van der Waals surface area contributed by atoms with Crippen LogP contribution in [0.25, 0.3) is 0 Å². The van der Waals surface area contributed by atoms with Crippen LogP contribution < -0.4 is 11.1 Å². The third-order valence-electron chi connectivity index (χ3n) is 1.43. The Morgan fingerprint density at radius 2 is 2.31 bits per heavy atom. The van der Waals surface area contributed by atoms with Crippen molar-refractivity contribution in [3.63, 3.8) is 0 Å². The van der Waals surface area contributed by atoms with Gasteiger partial charge in [-0.15, -0.1) is 0 Å². The van der Waals surface area contributed by atoms with Crippen LogP contribution in [0.15, 0.2) is 12.1 Å². The Balaban J connectivity index is 2.89. The molecule has 1 heterocycles. The van der Waals surface area contributed by atoms with Crippen LogP contribution in [-0.4, -0.2) is 17.2 Å². The summed E-state index contributed by atoms with van der Waals surface area (Å²) in [5.74, 6) is -0.535. The number of rotatable bonds is 2. The van der Waals surface area contributed by atoms with Crippen molar-refractivity contribution in [1.82, 2.24) is 4.98 Å². The van der Waals surface area contributed by atoms with Gasteiger partial charge in [0.2, 0.25) is 6.29 Å². The van der Waals surface area contributed by atoms with E-state index < -0.39 is 5.91 Å². The molecule has 1 aromatic rings. The summed E-state index contributed by atoms with van der Waals surface area (Å²) in [6.45, 7) is 1.78. The smallest absolute Gasteiger partial charge is 0.288 e. The van der Waals surface area contributed by atoms with Crippen LogP contribution in [-0.2, 0) is 9.59 Å². The number of anilines is 2. The van der Waals surface area contributed by atoms with Crippen LogP contribution in [0.3, 0.4) is 0 Å². The van der Waals surface area contributed by atoms with E-state index in [1.807, 2.05) is 0 Å². The molecular formula is C8H9N3O2. The van der Waals surface area contributed by atoms with Crippen molar-refractivity contribution < 1.29 is 9.59 Å². The maximum Gasteiger partial charge on any atom is 0.288 e. The van der Waals surface area contributed by atoms with Crippen molar-refractivity contribution in [3.05, 3.63) is 17.8 Å². The number of nitrogens with two attached hydrogens (primary N) is 1. The highest BCUT2D eigenvalue weighted by Crippen LogP contribution is 2.14. The molecule has 5 nitrogen and oxygen atoms in total. The van der Waals surface area contributed by atoms with E-state index in [-0.39, 0.29) is 12.1 Å². The van der Waals surface area contributed by atoms with E-state index in [0.29, 0.717) is 5.69 Å². The second-order valence-corrected chi connectivity index (χ2v) is 2.49. The molecule has 0 aliphatic rings. The number of carbonyl (C=O) groups is 2. The molecule has 0 unspecified atom stereocenters. The van der Waals surface area contributed by atoms with Gasteiger partial charge in [0.25, 0.3) is 5.91 Å². The van der Waals surface area contributed by atoms with Gasteiger partial charge >= 0.3 is 0 Å². The Morgan fingerprint density at radius 3 is 2.85 bits per heavy atom. The van der Waals surface area contributed by atoms with Crippen LogP contribution in [0.1, 0.15) is 5.69 Å². The second-order valence-electron chi connectivity index (χ2n) is 2.49. The minimum Gasteiger partial charge on any atom is -0.382 e. The van der Waals surface area contributed by atoms with E-state index in [1.165, 1.54) is 0 Å². The molecule has 0 fully saturated rings. The van der Waals surface area contributed by atoms with Crippen molar-refractivity contribution in [2.24, 2.45) is 0 Å². The Hall–Kier alpha value is -1.91. The summed E-state index contributed by atoms with van der Waals surface area (Å²) < 4.78 is 0. The SMILES string of the molecule is Cc1ccc(NC(=O)C=O)c(N)n1. The number of hydrogen-bond acceptors (Lipinski definition) is 4. The van der Waals surface area contributed by atoms with E-state index in [0.717, 1.165) is 5.69 Å². The zero-order valence-corrected chi connectivity index (χ0v) is 7.07. The molecule has 0 atom stereocenters. The summed E-state index contributed by atoms with van der Waals surface area (Å²) in [7, 11) is 0. The maximum absolute atomic E-state index is 10.7. The van der Waals surface area contributed by atoms with Crippen molar-refractivity contribution in [3.8, 4) is 0 Å². The van der Waals surface area contributed by atoms with E-state index in [1.54, 1.807) is 19.1 Å². The molecule has 3 N–H and O–H groups in total. The van der Waals surface area contributed by atoms with Gasteiger partial charge in [0.05, 0.1) is 5.69 Å². The topological polar surface area (TPSA) is 85.1 Å². The average molecular weight is 179 g/mol. The summed E-state index contributed by atoms with van der Waals surface area (Å²) in [6.07, 6.45) is 0.180. The van der Waals surface area contributed by atoms with Gasteiger partial charge in [-0.2, -0.15) is 0 Å². The summed E-state index contributed by atoms with van der Waals surface area (Å²) in [5, 5.41) is 2.29. The molecule has 68 valence electrons. The van der Waals surface area contributed by atoms with Gasteiger partial charge in [0.15, 0.2) is 0 Å². The van der Waals surface area contributed by atoms with Crippen molar-refractivity contribution in [1.29, 1.82) is 0 Å². The molecule has 0 aliphatic heterocycles. The highest BCUT2D eigenvalue weighted by Gasteiger charge is 2.03. The monoisotopic (exact) mass is 179 g/mol. The number of amides is 1. The van der Waals surface area contributed by atoms with Gasteiger partial charge in [0.1, 0.15) is 5.82 Å². The first-order valence-corrected chi connectivity index (χ1v) is 3.63. The number of pyridine rings is 1. The number of nitrogen functional groups attached to an aromatic ring is 1. The molecule has 0 bridgehead atoms. The quantitative estimate of drug-likeness (QED) is 0.498.